The van der Waals surface area contributed by atoms with Crippen molar-refractivity contribution in [3.8, 4) is 23.2 Å². The number of phenolic OH excluding ortho intramolecular Hbond substituents is 1. The molecule has 3 aromatic carbocycles. The van der Waals surface area contributed by atoms with Gasteiger partial charge < -0.3 is 14.4 Å². The summed E-state index contributed by atoms with van der Waals surface area (Å²) >= 11 is 0. The van der Waals surface area contributed by atoms with Gasteiger partial charge in [0.05, 0.1) is 0 Å². The smallest absolute Gasteiger partial charge is 0.217 e. The van der Waals surface area contributed by atoms with Crippen LogP contribution in [0, 0.1) is 13.0 Å². The second-order valence-corrected chi connectivity index (χ2v) is 11.5. The van der Waals surface area contributed by atoms with E-state index in [4.69, 9.17) is 14.7 Å². The van der Waals surface area contributed by atoms with Crippen molar-refractivity contribution in [1.82, 2.24) is 14.5 Å². The number of fused-ring (bicyclic) bond motifs is 4. The molecule has 0 aliphatic rings. The number of aromatic nitrogens is 3. The minimum absolute atomic E-state index is 0. The number of hydrogen-bond acceptors (Lipinski definition) is 4. The van der Waals surface area contributed by atoms with Crippen molar-refractivity contribution in [2.75, 3.05) is 0 Å². The standard InChI is InChI=1S/C34H32N3O2.Pt/c1-20(2)22-15-16-35-30(18-22)37-27-10-8-7-9-24(27)25-12-11-23(19-28(25)37)39-31-17-21(3)32-26(34(4,5)6)13-14-29(38)33(32)36-31;/h7-18,20,38H,1-6H3;/q-1;. The third kappa shape index (κ3) is 4.77. The molecule has 6 rings (SSSR count). The fourth-order valence-corrected chi connectivity index (χ4v) is 5.37. The summed E-state index contributed by atoms with van der Waals surface area (Å²) in [5.74, 6) is 2.34. The van der Waals surface area contributed by atoms with Crippen molar-refractivity contribution in [2.24, 2.45) is 0 Å². The Balaban J connectivity index is 0.00000323. The maximum atomic E-state index is 10.7. The molecule has 0 aliphatic carbocycles. The Hall–Kier alpha value is -3.69. The van der Waals surface area contributed by atoms with Crippen molar-refractivity contribution in [2.45, 2.75) is 52.9 Å². The van der Waals surface area contributed by atoms with Gasteiger partial charge in [-0.2, -0.15) is 6.07 Å². The Morgan fingerprint density at radius 3 is 2.48 bits per heavy atom. The molecule has 5 nitrogen and oxygen atoms in total. The number of pyridine rings is 2. The second-order valence-electron chi connectivity index (χ2n) is 11.5. The molecule has 3 aromatic heterocycles. The summed E-state index contributed by atoms with van der Waals surface area (Å²) in [7, 11) is 0. The molecule has 0 saturated heterocycles. The molecular weight excluding hydrogens is 677 g/mol. The van der Waals surface area contributed by atoms with Crippen molar-refractivity contribution >= 4 is 32.7 Å². The predicted molar refractivity (Wildman–Crippen MR) is 158 cm³/mol. The SMILES string of the molecule is Cc1cc(Oc2[c-]c3c(cc2)c2ccccc2n3-c2cc(C(C)C)ccn2)nc2c(O)ccc(C(C)(C)C)c12.[Pt]. The van der Waals surface area contributed by atoms with Crippen LogP contribution >= 0.6 is 0 Å². The minimum Gasteiger partial charge on any atom is -0.506 e. The van der Waals surface area contributed by atoms with Crippen LogP contribution in [0.1, 0.15) is 57.2 Å². The molecule has 6 heteroatoms. The fourth-order valence-electron chi connectivity index (χ4n) is 5.37. The van der Waals surface area contributed by atoms with E-state index in [1.807, 2.05) is 37.4 Å². The molecule has 206 valence electrons. The van der Waals surface area contributed by atoms with Gasteiger partial charge in [-0.05, 0) is 64.6 Å². The van der Waals surface area contributed by atoms with E-state index in [0.29, 0.717) is 23.1 Å². The number of phenols is 1. The summed E-state index contributed by atoms with van der Waals surface area (Å²) in [5.41, 5.74) is 5.77. The zero-order valence-electron chi connectivity index (χ0n) is 23.5. The topological polar surface area (TPSA) is 60.2 Å². The van der Waals surface area contributed by atoms with Crippen LogP contribution in [0.15, 0.2) is 72.9 Å². The normalized spacial score (nSPS) is 11.9. The summed E-state index contributed by atoms with van der Waals surface area (Å²) in [6, 6.07) is 25.6. The van der Waals surface area contributed by atoms with Crippen LogP contribution in [-0.4, -0.2) is 19.6 Å². The fraction of sp³-hybridized carbons (Fsp3) is 0.235. The van der Waals surface area contributed by atoms with Crippen molar-refractivity contribution < 1.29 is 30.9 Å². The summed E-state index contributed by atoms with van der Waals surface area (Å²) < 4.78 is 8.44. The zero-order chi connectivity index (χ0) is 27.5. The molecule has 0 atom stereocenters. The Morgan fingerprint density at radius 1 is 0.950 bits per heavy atom. The van der Waals surface area contributed by atoms with Gasteiger partial charge in [0.2, 0.25) is 5.88 Å². The number of benzene rings is 3. The quantitative estimate of drug-likeness (QED) is 0.186. The van der Waals surface area contributed by atoms with Gasteiger partial charge in [0.15, 0.2) is 0 Å². The maximum absolute atomic E-state index is 10.7. The van der Waals surface area contributed by atoms with Crippen LogP contribution in [-0.2, 0) is 26.5 Å². The van der Waals surface area contributed by atoms with E-state index >= 15 is 0 Å². The van der Waals surface area contributed by atoms with Gasteiger partial charge in [0.25, 0.3) is 0 Å². The van der Waals surface area contributed by atoms with E-state index in [2.05, 4.69) is 81.7 Å². The summed E-state index contributed by atoms with van der Waals surface area (Å²) in [5, 5.41) is 13.9. The molecule has 0 radical (unpaired) electrons. The molecule has 0 spiro atoms. The summed E-state index contributed by atoms with van der Waals surface area (Å²) in [6.45, 7) is 12.9. The van der Waals surface area contributed by atoms with Gasteiger partial charge >= 0.3 is 0 Å². The summed E-state index contributed by atoms with van der Waals surface area (Å²) in [4.78, 5) is 9.45. The zero-order valence-corrected chi connectivity index (χ0v) is 25.8. The van der Waals surface area contributed by atoms with Crippen LogP contribution in [0.25, 0.3) is 38.5 Å². The third-order valence-corrected chi connectivity index (χ3v) is 7.36. The Labute approximate surface area is 249 Å². The molecule has 3 heterocycles. The first-order valence-corrected chi connectivity index (χ1v) is 13.4. The average molecular weight is 710 g/mol. The Kier molecular flexibility index (Phi) is 7.22. The average Bonchev–Trinajstić information content (AvgIpc) is 3.22. The van der Waals surface area contributed by atoms with Crippen molar-refractivity contribution in [3.05, 3.63) is 95.7 Å². The number of para-hydroxylation sites is 1. The van der Waals surface area contributed by atoms with E-state index < -0.39 is 0 Å². The van der Waals surface area contributed by atoms with Gasteiger partial charge in [-0.25, -0.2) is 9.97 Å². The molecular formula is C34H32N3O2Pt-. The third-order valence-electron chi connectivity index (χ3n) is 7.36. The largest absolute Gasteiger partial charge is 0.506 e. The Morgan fingerprint density at radius 2 is 1.73 bits per heavy atom. The number of hydrogen-bond donors (Lipinski definition) is 1. The monoisotopic (exact) mass is 709 g/mol. The van der Waals surface area contributed by atoms with Crippen molar-refractivity contribution in [1.29, 1.82) is 0 Å². The first kappa shape index (κ1) is 27.9. The van der Waals surface area contributed by atoms with Gasteiger partial charge in [-0.15, -0.1) is 17.5 Å². The van der Waals surface area contributed by atoms with Crippen LogP contribution in [0.3, 0.4) is 0 Å². The van der Waals surface area contributed by atoms with Gasteiger partial charge in [-0.3, -0.25) is 0 Å². The van der Waals surface area contributed by atoms with Gasteiger partial charge in [-0.1, -0.05) is 64.4 Å². The molecule has 6 aromatic rings. The van der Waals surface area contributed by atoms with E-state index in [-0.39, 0.29) is 32.2 Å². The number of ether oxygens (including phenoxy) is 1. The molecule has 0 amide bonds. The maximum Gasteiger partial charge on any atom is 0.217 e. The van der Waals surface area contributed by atoms with E-state index in [1.54, 1.807) is 6.07 Å². The molecule has 0 bridgehead atoms. The second kappa shape index (κ2) is 10.4. The van der Waals surface area contributed by atoms with Crippen LogP contribution in [0.4, 0.5) is 0 Å². The molecule has 0 aliphatic heterocycles. The number of aromatic hydroxyl groups is 1. The van der Waals surface area contributed by atoms with E-state index in [1.165, 1.54) is 5.56 Å². The van der Waals surface area contributed by atoms with Crippen LogP contribution < -0.4 is 4.74 Å². The molecule has 40 heavy (non-hydrogen) atoms. The summed E-state index contributed by atoms with van der Waals surface area (Å²) in [6.07, 6.45) is 1.87. The first-order valence-electron chi connectivity index (χ1n) is 13.4. The van der Waals surface area contributed by atoms with Crippen LogP contribution in [0.2, 0.25) is 0 Å². The van der Waals surface area contributed by atoms with Gasteiger partial charge in [0.1, 0.15) is 17.1 Å². The number of rotatable bonds is 4. The Bertz CT molecular complexity index is 1880. The van der Waals surface area contributed by atoms with Crippen molar-refractivity contribution in [3.63, 3.8) is 0 Å². The predicted octanol–water partition coefficient (Wildman–Crippen LogP) is 8.75. The van der Waals surface area contributed by atoms with Gasteiger partial charge in [0, 0.05) is 50.0 Å². The minimum atomic E-state index is -0.0894. The number of nitrogens with zero attached hydrogens (tertiary/aromatic N) is 3. The molecule has 0 saturated carbocycles. The first-order chi connectivity index (χ1) is 18.6. The van der Waals surface area contributed by atoms with E-state index in [9.17, 15) is 5.11 Å². The van der Waals surface area contributed by atoms with Crippen LogP contribution in [0.5, 0.6) is 17.4 Å². The molecule has 0 fully saturated rings. The van der Waals surface area contributed by atoms with E-state index in [0.717, 1.165) is 44.1 Å². The number of aryl methyl sites for hydroxylation is 1. The molecule has 1 N–H and O–H groups in total. The molecule has 0 unspecified atom stereocenters.